The number of carbonyl (C=O) groups excluding carboxylic acids is 1. The highest BCUT2D eigenvalue weighted by Gasteiger charge is 2.28. The number of hydrogen-bond acceptors (Lipinski definition) is 2. The second-order valence-corrected chi connectivity index (χ2v) is 5.90. The van der Waals surface area contributed by atoms with Crippen molar-refractivity contribution in [2.45, 2.75) is 12.5 Å². The van der Waals surface area contributed by atoms with E-state index in [1.807, 2.05) is 48.3 Å². The topological polar surface area (TPSA) is 23.6 Å². The van der Waals surface area contributed by atoms with Crippen LogP contribution in [0.3, 0.4) is 0 Å². The molecule has 1 aliphatic heterocycles. The normalized spacial score (nSPS) is 16.8. The van der Waals surface area contributed by atoms with Gasteiger partial charge in [-0.25, -0.2) is 0 Å². The summed E-state index contributed by atoms with van der Waals surface area (Å²) in [5.74, 6) is 0.206. The first-order chi connectivity index (χ1) is 10.8. The maximum absolute atomic E-state index is 12.7. The molecule has 1 saturated heterocycles. The molecule has 22 heavy (non-hydrogen) atoms. The lowest BCUT2D eigenvalue weighted by Gasteiger charge is -2.31. The molecule has 2 aromatic carbocycles. The van der Waals surface area contributed by atoms with Gasteiger partial charge in [0.05, 0.1) is 12.6 Å². The Kier molecular flexibility index (Phi) is 4.54. The summed E-state index contributed by atoms with van der Waals surface area (Å²) in [6.45, 7) is 2.27. The van der Waals surface area contributed by atoms with E-state index < -0.39 is 0 Å². The monoisotopic (exact) mass is 294 g/mol. The zero-order valence-electron chi connectivity index (χ0n) is 13.0. The summed E-state index contributed by atoms with van der Waals surface area (Å²) in [5.41, 5.74) is 2.35. The third-order valence-electron chi connectivity index (χ3n) is 4.21. The molecule has 0 aromatic heterocycles. The van der Waals surface area contributed by atoms with E-state index in [-0.39, 0.29) is 11.9 Å². The molecule has 3 heteroatoms. The Morgan fingerprint density at radius 2 is 1.41 bits per heavy atom. The van der Waals surface area contributed by atoms with E-state index in [0.717, 1.165) is 19.5 Å². The van der Waals surface area contributed by atoms with Crippen LogP contribution in [-0.2, 0) is 4.79 Å². The Morgan fingerprint density at radius 3 is 1.95 bits per heavy atom. The molecule has 0 aliphatic carbocycles. The molecule has 3 rings (SSSR count). The molecule has 0 atom stereocenters. The number of likely N-dealkylation sites (N-methyl/N-ethyl adjacent to an activating group) is 1. The quantitative estimate of drug-likeness (QED) is 0.869. The Labute approximate surface area is 132 Å². The van der Waals surface area contributed by atoms with Crippen LogP contribution < -0.4 is 0 Å². The molecule has 0 bridgehead atoms. The van der Waals surface area contributed by atoms with Crippen LogP contribution in [0.25, 0.3) is 0 Å². The van der Waals surface area contributed by atoms with Gasteiger partial charge in [0.2, 0.25) is 5.91 Å². The van der Waals surface area contributed by atoms with Gasteiger partial charge in [-0.05, 0) is 24.6 Å². The highest BCUT2D eigenvalue weighted by molar-refractivity contribution is 5.79. The van der Waals surface area contributed by atoms with Gasteiger partial charge in [-0.2, -0.15) is 0 Å². The fourth-order valence-corrected chi connectivity index (χ4v) is 3.13. The summed E-state index contributed by atoms with van der Waals surface area (Å²) in [6, 6.07) is 20.6. The zero-order chi connectivity index (χ0) is 15.4. The van der Waals surface area contributed by atoms with Gasteiger partial charge in [0, 0.05) is 13.1 Å². The molecule has 1 fully saturated rings. The smallest absolute Gasteiger partial charge is 0.237 e. The van der Waals surface area contributed by atoms with Gasteiger partial charge in [0.1, 0.15) is 0 Å². The number of carbonyl (C=O) groups is 1. The SMILES string of the molecule is CN1CCCN(C(c2ccccc2)c2ccccc2)C(=O)C1. The Balaban J connectivity index is 2.00. The fraction of sp³-hybridized carbons (Fsp3) is 0.316. The lowest BCUT2D eigenvalue weighted by atomic mass is 9.97. The molecule has 3 nitrogen and oxygen atoms in total. The van der Waals surface area contributed by atoms with Crippen LogP contribution in [-0.4, -0.2) is 42.4 Å². The first kappa shape index (κ1) is 14.8. The van der Waals surface area contributed by atoms with E-state index in [9.17, 15) is 4.79 Å². The van der Waals surface area contributed by atoms with Gasteiger partial charge < -0.3 is 4.90 Å². The number of rotatable bonds is 3. The molecule has 1 heterocycles. The van der Waals surface area contributed by atoms with Crippen LogP contribution in [0.2, 0.25) is 0 Å². The molecule has 0 N–H and O–H groups in total. The summed E-state index contributed by atoms with van der Waals surface area (Å²) in [7, 11) is 2.02. The largest absolute Gasteiger partial charge is 0.330 e. The molecule has 1 amide bonds. The van der Waals surface area contributed by atoms with Crippen LogP contribution in [0.4, 0.5) is 0 Å². The van der Waals surface area contributed by atoms with Crippen LogP contribution >= 0.6 is 0 Å². The zero-order valence-corrected chi connectivity index (χ0v) is 13.0. The first-order valence-corrected chi connectivity index (χ1v) is 7.83. The first-order valence-electron chi connectivity index (χ1n) is 7.83. The number of amides is 1. The number of benzene rings is 2. The maximum Gasteiger partial charge on any atom is 0.237 e. The molecule has 0 unspecified atom stereocenters. The molecular weight excluding hydrogens is 272 g/mol. The highest BCUT2D eigenvalue weighted by Crippen LogP contribution is 2.29. The maximum atomic E-state index is 12.7. The molecule has 0 radical (unpaired) electrons. The van der Waals surface area contributed by atoms with Crippen molar-refractivity contribution in [1.29, 1.82) is 0 Å². The average molecular weight is 294 g/mol. The van der Waals surface area contributed by atoms with Gasteiger partial charge in [0.15, 0.2) is 0 Å². The van der Waals surface area contributed by atoms with Gasteiger partial charge in [-0.1, -0.05) is 60.7 Å². The van der Waals surface area contributed by atoms with Gasteiger partial charge in [0.25, 0.3) is 0 Å². The summed E-state index contributed by atoms with van der Waals surface area (Å²) >= 11 is 0. The summed E-state index contributed by atoms with van der Waals surface area (Å²) < 4.78 is 0. The summed E-state index contributed by atoms with van der Waals surface area (Å²) in [6.07, 6.45) is 1.01. The minimum atomic E-state index is 0.00130. The van der Waals surface area contributed by atoms with Crippen molar-refractivity contribution < 1.29 is 4.79 Å². The van der Waals surface area contributed by atoms with E-state index in [1.54, 1.807) is 0 Å². The standard InChI is InChI=1S/C19H22N2O/c1-20-13-8-14-21(18(22)15-20)19(16-9-4-2-5-10-16)17-11-6-3-7-12-17/h2-7,9-12,19H,8,13-15H2,1H3. The Morgan fingerprint density at radius 1 is 0.864 bits per heavy atom. The fourth-order valence-electron chi connectivity index (χ4n) is 3.13. The molecule has 1 aliphatic rings. The van der Waals surface area contributed by atoms with Crippen LogP contribution in [0.1, 0.15) is 23.6 Å². The minimum Gasteiger partial charge on any atom is -0.330 e. The Hall–Kier alpha value is -2.13. The predicted octanol–water partition coefficient (Wildman–Crippen LogP) is 2.94. The summed E-state index contributed by atoms with van der Waals surface area (Å²) in [5, 5.41) is 0. The van der Waals surface area contributed by atoms with Gasteiger partial charge in [-0.3, -0.25) is 9.69 Å². The van der Waals surface area contributed by atoms with Crippen molar-refractivity contribution in [2.24, 2.45) is 0 Å². The van der Waals surface area contributed by atoms with E-state index in [1.165, 1.54) is 11.1 Å². The molecule has 0 spiro atoms. The van der Waals surface area contributed by atoms with Crippen molar-refractivity contribution in [3.05, 3.63) is 71.8 Å². The molecular formula is C19H22N2O. The van der Waals surface area contributed by atoms with Crippen molar-refractivity contribution in [2.75, 3.05) is 26.7 Å². The second kappa shape index (κ2) is 6.75. The Bertz CT molecular complexity index is 572. The highest BCUT2D eigenvalue weighted by atomic mass is 16.2. The second-order valence-electron chi connectivity index (χ2n) is 5.90. The van der Waals surface area contributed by atoms with Crippen molar-refractivity contribution >= 4 is 5.91 Å². The van der Waals surface area contributed by atoms with Crippen molar-refractivity contribution in [3.8, 4) is 0 Å². The van der Waals surface area contributed by atoms with Gasteiger partial charge >= 0.3 is 0 Å². The third-order valence-corrected chi connectivity index (χ3v) is 4.21. The molecule has 2 aromatic rings. The summed E-state index contributed by atoms with van der Waals surface area (Å²) in [4.78, 5) is 16.8. The lowest BCUT2D eigenvalue weighted by molar-refractivity contribution is -0.132. The number of nitrogens with zero attached hydrogens (tertiary/aromatic N) is 2. The van der Waals surface area contributed by atoms with E-state index in [0.29, 0.717) is 6.54 Å². The number of hydrogen-bond donors (Lipinski definition) is 0. The van der Waals surface area contributed by atoms with E-state index in [2.05, 4.69) is 29.2 Å². The predicted molar refractivity (Wildman–Crippen MR) is 88.6 cm³/mol. The molecule has 0 saturated carbocycles. The van der Waals surface area contributed by atoms with Crippen molar-refractivity contribution in [3.63, 3.8) is 0 Å². The van der Waals surface area contributed by atoms with E-state index in [4.69, 9.17) is 0 Å². The van der Waals surface area contributed by atoms with E-state index >= 15 is 0 Å². The average Bonchev–Trinajstić information content (AvgIpc) is 2.71. The van der Waals surface area contributed by atoms with Gasteiger partial charge in [-0.15, -0.1) is 0 Å². The third kappa shape index (κ3) is 3.20. The molecule has 114 valence electrons. The van der Waals surface area contributed by atoms with Crippen LogP contribution in [0, 0.1) is 0 Å². The minimum absolute atomic E-state index is 0.00130. The lowest BCUT2D eigenvalue weighted by Crippen LogP contribution is -2.38. The van der Waals surface area contributed by atoms with Crippen molar-refractivity contribution in [1.82, 2.24) is 9.80 Å². The van der Waals surface area contributed by atoms with Crippen LogP contribution in [0.5, 0.6) is 0 Å². The van der Waals surface area contributed by atoms with Crippen LogP contribution in [0.15, 0.2) is 60.7 Å².